The van der Waals surface area contributed by atoms with Crippen LogP contribution in [0.1, 0.15) is 38.5 Å². The summed E-state index contributed by atoms with van der Waals surface area (Å²) >= 11 is 0. The van der Waals surface area contributed by atoms with Gasteiger partial charge in [0.15, 0.2) is 0 Å². The zero-order chi connectivity index (χ0) is 10.2. The zero-order valence-electron chi connectivity index (χ0n) is 8.95. The Bertz CT molecular complexity index is 148. The summed E-state index contributed by atoms with van der Waals surface area (Å²) in [5.74, 6) is 1.61. The fourth-order valence-electron chi connectivity index (χ4n) is 2.31. The standard InChI is InChI=1S/C12H22O2/c1-2-14-10-8-12-5-3-11(4-6-12)7-9-13/h2,11-13H,1,3-10H2. The summed E-state index contributed by atoms with van der Waals surface area (Å²) in [6.45, 7) is 4.70. The summed E-state index contributed by atoms with van der Waals surface area (Å²) in [5, 5.41) is 8.83. The van der Waals surface area contributed by atoms with E-state index in [1.54, 1.807) is 0 Å². The van der Waals surface area contributed by atoms with E-state index in [0.717, 1.165) is 31.3 Å². The minimum Gasteiger partial charge on any atom is -0.502 e. The molecule has 2 nitrogen and oxygen atoms in total. The molecule has 2 heteroatoms. The van der Waals surface area contributed by atoms with E-state index in [9.17, 15) is 0 Å². The molecule has 0 aromatic carbocycles. The summed E-state index contributed by atoms with van der Waals surface area (Å²) in [6.07, 6.45) is 8.89. The minimum absolute atomic E-state index is 0.356. The van der Waals surface area contributed by atoms with Gasteiger partial charge in [-0.15, -0.1) is 0 Å². The molecule has 0 bridgehead atoms. The van der Waals surface area contributed by atoms with Crippen LogP contribution in [-0.4, -0.2) is 18.3 Å². The number of aliphatic hydroxyl groups excluding tert-OH is 1. The average molecular weight is 198 g/mol. The third kappa shape index (κ3) is 4.14. The minimum atomic E-state index is 0.356. The third-order valence-corrected chi connectivity index (χ3v) is 3.27. The molecule has 0 aromatic heterocycles. The van der Waals surface area contributed by atoms with Crippen LogP contribution in [0.25, 0.3) is 0 Å². The van der Waals surface area contributed by atoms with Crippen LogP contribution in [0.2, 0.25) is 0 Å². The van der Waals surface area contributed by atoms with Crippen molar-refractivity contribution in [3.8, 4) is 0 Å². The molecule has 0 atom stereocenters. The second-order valence-corrected chi connectivity index (χ2v) is 4.23. The molecular formula is C12H22O2. The molecule has 0 amide bonds. The van der Waals surface area contributed by atoms with Gasteiger partial charge in [-0.2, -0.15) is 0 Å². The molecule has 1 fully saturated rings. The van der Waals surface area contributed by atoms with Gasteiger partial charge >= 0.3 is 0 Å². The highest BCUT2D eigenvalue weighted by molar-refractivity contribution is 4.72. The molecule has 14 heavy (non-hydrogen) atoms. The van der Waals surface area contributed by atoms with Gasteiger partial charge in [-0.1, -0.05) is 32.3 Å². The molecule has 1 rings (SSSR count). The van der Waals surface area contributed by atoms with E-state index in [-0.39, 0.29) is 0 Å². The first kappa shape index (κ1) is 11.6. The summed E-state index contributed by atoms with van der Waals surface area (Å²) in [5.41, 5.74) is 0. The van der Waals surface area contributed by atoms with Gasteiger partial charge in [0.2, 0.25) is 0 Å². The molecule has 0 aromatic rings. The summed E-state index contributed by atoms with van der Waals surface area (Å²) < 4.78 is 5.13. The molecule has 0 heterocycles. The Labute approximate surface area is 87.0 Å². The van der Waals surface area contributed by atoms with Gasteiger partial charge in [-0.25, -0.2) is 0 Å². The van der Waals surface area contributed by atoms with E-state index in [2.05, 4.69) is 6.58 Å². The van der Waals surface area contributed by atoms with Crippen molar-refractivity contribution in [2.45, 2.75) is 38.5 Å². The fourth-order valence-corrected chi connectivity index (χ4v) is 2.31. The first-order valence-electron chi connectivity index (χ1n) is 5.70. The second-order valence-electron chi connectivity index (χ2n) is 4.23. The molecular weight excluding hydrogens is 176 g/mol. The summed E-state index contributed by atoms with van der Waals surface area (Å²) in [7, 11) is 0. The molecule has 0 spiro atoms. The Morgan fingerprint density at radius 3 is 2.21 bits per heavy atom. The maximum atomic E-state index is 8.83. The normalized spacial score (nSPS) is 27.2. The van der Waals surface area contributed by atoms with Crippen LogP contribution in [-0.2, 0) is 4.74 Å². The number of ether oxygens (including phenoxy) is 1. The zero-order valence-corrected chi connectivity index (χ0v) is 8.95. The van der Waals surface area contributed by atoms with Crippen molar-refractivity contribution in [3.05, 3.63) is 12.8 Å². The molecule has 0 unspecified atom stereocenters. The number of hydrogen-bond donors (Lipinski definition) is 1. The lowest BCUT2D eigenvalue weighted by Crippen LogP contribution is -2.16. The number of rotatable bonds is 6. The van der Waals surface area contributed by atoms with E-state index < -0.39 is 0 Å². The molecule has 0 radical (unpaired) electrons. The molecule has 82 valence electrons. The van der Waals surface area contributed by atoms with Crippen LogP contribution in [0, 0.1) is 11.8 Å². The number of hydrogen-bond acceptors (Lipinski definition) is 2. The lowest BCUT2D eigenvalue weighted by molar-refractivity contribution is 0.171. The lowest BCUT2D eigenvalue weighted by atomic mass is 9.79. The largest absolute Gasteiger partial charge is 0.502 e. The van der Waals surface area contributed by atoms with Crippen LogP contribution in [0.15, 0.2) is 12.8 Å². The van der Waals surface area contributed by atoms with Gasteiger partial charge in [0.05, 0.1) is 12.9 Å². The van der Waals surface area contributed by atoms with Gasteiger partial charge in [0, 0.05) is 6.61 Å². The predicted octanol–water partition coefficient (Wildman–Crippen LogP) is 2.73. The van der Waals surface area contributed by atoms with Crippen molar-refractivity contribution in [1.82, 2.24) is 0 Å². The predicted molar refractivity (Wildman–Crippen MR) is 57.9 cm³/mol. The van der Waals surface area contributed by atoms with Crippen LogP contribution < -0.4 is 0 Å². The van der Waals surface area contributed by atoms with Crippen LogP contribution in [0.3, 0.4) is 0 Å². The highest BCUT2D eigenvalue weighted by Gasteiger charge is 2.20. The molecule has 1 saturated carbocycles. The highest BCUT2D eigenvalue weighted by Crippen LogP contribution is 2.32. The Morgan fingerprint density at radius 2 is 1.71 bits per heavy atom. The molecule has 1 N–H and O–H groups in total. The van der Waals surface area contributed by atoms with Crippen molar-refractivity contribution in [1.29, 1.82) is 0 Å². The Balaban J connectivity index is 2.06. The SMILES string of the molecule is C=COCCC1CCC(CCO)CC1. The van der Waals surface area contributed by atoms with Crippen LogP contribution in [0.5, 0.6) is 0 Å². The Morgan fingerprint density at radius 1 is 1.14 bits per heavy atom. The monoisotopic (exact) mass is 198 g/mol. The van der Waals surface area contributed by atoms with Gasteiger partial charge in [-0.3, -0.25) is 0 Å². The molecule has 0 saturated heterocycles. The first-order chi connectivity index (χ1) is 6.86. The van der Waals surface area contributed by atoms with Crippen molar-refractivity contribution in [2.75, 3.05) is 13.2 Å². The Hall–Kier alpha value is -0.500. The van der Waals surface area contributed by atoms with Crippen molar-refractivity contribution >= 4 is 0 Å². The van der Waals surface area contributed by atoms with E-state index >= 15 is 0 Å². The molecule has 0 aliphatic heterocycles. The summed E-state index contributed by atoms with van der Waals surface area (Å²) in [6, 6.07) is 0. The quantitative estimate of drug-likeness (QED) is 0.525. The topological polar surface area (TPSA) is 29.5 Å². The van der Waals surface area contributed by atoms with Gasteiger partial charge in [0.1, 0.15) is 0 Å². The fraction of sp³-hybridized carbons (Fsp3) is 0.833. The van der Waals surface area contributed by atoms with Gasteiger partial charge in [-0.05, 0) is 24.7 Å². The lowest BCUT2D eigenvalue weighted by Gasteiger charge is -2.27. The average Bonchev–Trinajstić information content (AvgIpc) is 2.21. The third-order valence-electron chi connectivity index (χ3n) is 3.27. The van der Waals surface area contributed by atoms with E-state index in [1.807, 2.05) is 0 Å². The van der Waals surface area contributed by atoms with Gasteiger partial charge < -0.3 is 9.84 Å². The van der Waals surface area contributed by atoms with Gasteiger partial charge in [0.25, 0.3) is 0 Å². The second kappa shape index (κ2) is 6.88. The number of aliphatic hydroxyl groups is 1. The molecule has 1 aliphatic carbocycles. The van der Waals surface area contributed by atoms with Crippen molar-refractivity contribution < 1.29 is 9.84 Å². The van der Waals surface area contributed by atoms with E-state index in [1.165, 1.54) is 31.9 Å². The summed E-state index contributed by atoms with van der Waals surface area (Å²) in [4.78, 5) is 0. The molecule has 1 aliphatic rings. The van der Waals surface area contributed by atoms with Crippen molar-refractivity contribution in [3.63, 3.8) is 0 Å². The highest BCUT2D eigenvalue weighted by atomic mass is 16.5. The smallest absolute Gasteiger partial charge is 0.0875 e. The maximum Gasteiger partial charge on any atom is 0.0875 e. The van der Waals surface area contributed by atoms with E-state index in [0.29, 0.717) is 6.61 Å². The first-order valence-corrected chi connectivity index (χ1v) is 5.70. The van der Waals surface area contributed by atoms with Crippen molar-refractivity contribution in [2.24, 2.45) is 11.8 Å². The van der Waals surface area contributed by atoms with Crippen LogP contribution in [0.4, 0.5) is 0 Å². The Kier molecular flexibility index (Phi) is 5.69. The maximum absolute atomic E-state index is 8.83. The van der Waals surface area contributed by atoms with E-state index in [4.69, 9.17) is 9.84 Å². The van der Waals surface area contributed by atoms with Crippen LogP contribution >= 0.6 is 0 Å².